The summed E-state index contributed by atoms with van der Waals surface area (Å²) in [5.74, 6) is -0.464. The number of aryl methyl sites for hydroxylation is 1. The Labute approximate surface area is 166 Å². The number of benzene rings is 2. The molecule has 9 nitrogen and oxygen atoms in total. The standard InChI is InChI=1S/C17H18ClN3O6S/c1-11-3-4-12(18)9-14(11)20-17(22)7-8-19-28(25,26)13-5-6-16(27-2)15(10-13)21(23)24/h3-6,9-10,19H,7-8H2,1-2H3,(H,20,22). The van der Waals surface area contributed by atoms with Gasteiger partial charge >= 0.3 is 5.69 Å². The van der Waals surface area contributed by atoms with Crippen molar-refractivity contribution in [2.75, 3.05) is 19.0 Å². The van der Waals surface area contributed by atoms with Crippen LogP contribution >= 0.6 is 11.6 Å². The molecule has 150 valence electrons. The molecule has 2 aromatic rings. The number of halogens is 1. The largest absolute Gasteiger partial charge is 0.490 e. The lowest BCUT2D eigenvalue weighted by Gasteiger charge is -2.10. The van der Waals surface area contributed by atoms with Gasteiger partial charge < -0.3 is 10.1 Å². The van der Waals surface area contributed by atoms with Gasteiger partial charge in [0.15, 0.2) is 5.75 Å². The normalized spacial score (nSPS) is 11.1. The van der Waals surface area contributed by atoms with Crippen molar-refractivity contribution in [3.63, 3.8) is 0 Å². The molecule has 0 aliphatic carbocycles. The lowest BCUT2D eigenvalue weighted by atomic mass is 10.2. The Hall–Kier alpha value is -2.69. The highest BCUT2D eigenvalue weighted by Crippen LogP contribution is 2.29. The predicted molar refractivity (Wildman–Crippen MR) is 104 cm³/mol. The highest BCUT2D eigenvalue weighted by Gasteiger charge is 2.22. The quantitative estimate of drug-likeness (QED) is 0.492. The van der Waals surface area contributed by atoms with Crippen LogP contribution in [0.2, 0.25) is 5.02 Å². The lowest BCUT2D eigenvalue weighted by molar-refractivity contribution is -0.386. The third-order valence-corrected chi connectivity index (χ3v) is 5.47. The summed E-state index contributed by atoms with van der Waals surface area (Å²) < 4.78 is 31.7. The molecule has 0 saturated heterocycles. The van der Waals surface area contributed by atoms with Crippen molar-refractivity contribution in [1.29, 1.82) is 0 Å². The molecule has 0 fully saturated rings. The number of rotatable bonds is 8. The average molecular weight is 428 g/mol. The first kappa shape index (κ1) is 21.6. The fourth-order valence-corrected chi connectivity index (χ4v) is 3.53. The van der Waals surface area contributed by atoms with E-state index in [2.05, 4.69) is 10.0 Å². The number of methoxy groups -OCH3 is 1. The molecule has 2 N–H and O–H groups in total. The van der Waals surface area contributed by atoms with E-state index >= 15 is 0 Å². The van der Waals surface area contributed by atoms with Gasteiger partial charge in [0, 0.05) is 29.7 Å². The maximum absolute atomic E-state index is 12.3. The Kier molecular flexibility index (Phi) is 6.95. The summed E-state index contributed by atoms with van der Waals surface area (Å²) in [6.45, 7) is 1.61. The maximum atomic E-state index is 12.3. The number of nitro groups is 1. The van der Waals surface area contributed by atoms with Crippen LogP contribution in [-0.2, 0) is 14.8 Å². The van der Waals surface area contributed by atoms with E-state index in [1.54, 1.807) is 25.1 Å². The van der Waals surface area contributed by atoms with E-state index in [0.29, 0.717) is 10.7 Å². The van der Waals surface area contributed by atoms with Crippen LogP contribution in [0.3, 0.4) is 0 Å². The van der Waals surface area contributed by atoms with E-state index in [1.165, 1.54) is 19.2 Å². The molecule has 0 unspecified atom stereocenters. The molecule has 1 amide bonds. The number of hydrogen-bond donors (Lipinski definition) is 2. The van der Waals surface area contributed by atoms with Crippen molar-refractivity contribution in [2.45, 2.75) is 18.2 Å². The van der Waals surface area contributed by atoms with Crippen LogP contribution in [0.25, 0.3) is 0 Å². The number of ether oxygens (including phenoxy) is 1. The highest BCUT2D eigenvalue weighted by atomic mass is 35.5. The zero-order valence-electron chi connectivity index (χ0n) is 15.1. The van der Waals surface area contributed by atoms with Crippen LogP contribution in [-0.4, -0.2) is 32.9 Å². The fourth-order valence-electron chi connectivity index (χ4n) is 2.30. The third kappa shape index (κ3) is 5.41. The third-order valence-electron chi connectivity index (χ3n) is 3.78. The van der Waals surface area contributed by atoms with Crippen LogP contribution in [0.15, 0.2) is 41.3 Å². The Morgan fingerprint density at radius 2 is 1.96 bits per heavy atom. The minimum absolute atomic E-state index is 0.0554. The molecule has 0 aromatic heterocycles. The van der Waals surface area contributed by atoms with Crippen LogP contribution in [0.5, 0.6) is 5.75 Å². The molecule has 0 radical (unpaired) electrons. The Morgan fingerprint density at radius 3 is 2.61 bits per heavy atom. The number of nitrogens with one attached hydrogen (secondary N) is 2. The molecular weight excluding hydrogens is 410 g/mol. The second kappa shape index (κ2) is 9.00. The van der Waals surface area contributed by atoms with Gasteiger partial charge in [0.1, 0.15) is 0 Å². The van der Waals surface area contributed by atoms with Gasteiger partial charge in [-0.05, 0) is 36.8 Å². The monoisotopic (exact) mass is 427 g/mol. The highest BCUT2D eigenvalue weighted by molar-refractivity contribution is 7.89. The number of carbonyl (C=O) groups is 1. The van der Waals surface area contributed by atoms with Gasteiger partial charge in [0.05, 0.1) is 16.9 Å². The molecule has 0 spiro atoms. The Balaban J connectivity index is 2.01. The minimum Gasteiger partial charge on any atom is -0.490 e. The van der Waals surface area contributed by atoms with Crippen LogP contribution < -0.4 is 14.8 Å². The van der Waals surface area contributed by atoms with E-state index in [4.69, 9.17) is 16.3 Å². The van der Waals surface area contributed by atoms with Crippen molar-refractivity contribution in [1.82, 2.24) is 4.72 Å². The molecule has 0 aliphatic rings. The molecule has 2 aromatic carbocycles. The predicted octanol–water partition coefficient (Wildman–Crippen LogP) is 2.87. The van der Waals surface area contributed by atoms with Gasteiger partial charge in [-0.2, -0.15) is 0 Å². The first-order valence-corrected chi connectivity index (χ1v) is 9.88. The minimum atomic E-state index is -4.04. The topological polar surface area (TPSA) is 128 Å². The SMILES string of the molecule is COc1ccc(S(=O)(=O)NCCC(=O)Nc2cc(Cl)ccc2C)cc1[N+](=O)[O-]. The number of sulfonamides is 1. The van der Waals surface area contributed by atoms with Crippen molar-refractivity contribution in [3.05, 3.63) is 57.1 Å². The summed E-state index contributed by atoms with van der Waals surface area (Å²) in [7, 11) is -2.79. The summed E-state index contributed by atoms with van der Waals surface area (Å²) in [5.41, 5.74) is 0.870. The molecule has 0 heterocycles. The average Bonchev–Trinajstić information content (AvgIpc) is 2.63. The molecule has 28 heavy (non-hydrogen) atoms. The van der Waals surface area contributed by atoms with Crippen molar-refractivity contribution >= 4 is 38.9 Å². The summed E-state index contributed by atoms with van der Waals surface area (Å²) in [6, 6.07) is 8.31. The van der Waals surface area contributed by atoms with E-state index in [-0.39, 0.29) is 23.6 Å². The van der Waals surface area contributed by atoms with Gasteiger partial charge in [0.2, 0.25) is 15.9 Å². The van der Waals surface area contributed by atoms with Gasteiger partial charge in [-0.3, -0.25) is 14.9 Å². The lowest BCUT2D eigenvalue weighted by Crippen LogP contribution is -2.28. The molecule has 0 atom stereocenters. The van der Waals surface area contributed by atoms with Gasteiger partial charge in [-0.15, -0.1) is 0 Å². The van der Waals surface area contributed by atoms with Crippen molar-refractivity contribution < 1.29 is 22.9 Å². The summed E-state index contributed by atoms with van der Waals surface area (Å²) in [5, 5.41) is 14.1. The van der Waals surface area contributed by atoms with Gasteiger partial charge in [-0.1, -0.05) is 17.7 Å². The second-order valence-corrected chi connectivity index (χ2v) is 7.95. The van der Waals surface area contributed by atoms with Crippen LogP contribution in [0.1, 0.15) is 12.0 Å². The molecule has 0 saturated carbocycles. The number of amides is 1. The first-order chi connectivity index (χ1) is 13.1. The first-order valence-electron chi connectivity index (χ1n) is 8.02. The number of hydrogen-bond acceptors (Lipinski definition) is 6. The van der Waals surface area contributed by atoms with E-state index in [0.717, 1.165) is 11.6 Å². The van der Waals surface area contributed by atoms with Crippen LogP contribution in [0, 0.1) is 17.0 Å². The molecule has 0 aliphatic heterocycles. The zero-order chi connectivity index (χ0) is 20.9. The molecule has 0 bridgehead atoms. The van der Waals surface area contributed by atoms with Crippen LogP contribution in [0.4, 0.5) is 11.4 Å². The van der Waals surface area contributed by atoms with Gasteiger partial charge in [0.25, 0.3) is 0 Å². The second-order valence-electron chi connectivity index (χ2n) is 5.75. The number of nitro benzene ring substituents is 1. The molecule has 2 rings (SSSR count). The smallest absolute Gasteiger partial charge is 0.312 e. The van der Waals surface area contributed by atoms with E-state index in [1.807, 2.05) is 0 Å². The maximum Gasteiger partial charge on any atom is 0.312 e. The van der Waals surface area contributed by atoms with Gasteiger partial charge in [-0.25, -0.2) is 13.1 Å². The molecule has 11 heteroatoms. The summed E-state index contributed by atoms with van der Waals surface area (Å²) in [6.07, 6.45) is -0.135. The number of anilines is 1. The van der Waals surface area contributed by atoms with Crippen molar-refractivity contribution in [3.8, 4) is 5.75 Å². The summed E-state index contributed by atoms with van der Waals surface area (Å²) >= 11 is 5.89. The fraction of sp³-hybridized carbons (Fsp3) is 0.235. The summed E-state index contributed by atoms with van der Waals surface area (Å²) in [4.78, 5) is 22.0. The number of nitrogens with zero attached hydrogens (tertiary/aromatic N) is 1. The van der Waals surface area contributed by atoms with Crippen molar-refractivity contribution in [2.24, 2.45) is 0 Å². The number of carbonyl (C=O) groups excluding carboxylic acids is 1. The molecular formula is C17H18ClN3O6S. The zero-order valence-corrected chi connectivity index (χ0v) is 16.6. The van der Waals surface area contributed by atoms with E-state index in [9.17, 15) is 23.3 Å². The Bertz CT molecular complexity index is 1010. The van der Waals surface area contributed by atoms with E-state index < -0.39 is 26.5 Å². The Morgan fingerprint density at radius 1 is 1.25 bits per heavy atom.